The number of nitrogens with zero attached hydrogens (tertiary/aromatic N) is 1. The van der Waals surface area contributed by atoms with Crippen LogP contribution >= 0.6 is 0 Å². The van der Waals surface area contributed by atoms with E-state index in [1.165, 1.54) is 0 Å². The summed E-state index contributed by atoms with van der Waals surface area (Å²) in [6.07, 6.45) is 1.15. The zero-order valence-electron chi connectivity index (χ0n) is 5.10. The molecule has 0 aliphatic carbocycles. The molecule has 0 fully saturated rings. The maximum absolute atomic E-state index is 10.5. The summed E-state index contributed by atoms with van der Waals surface area (Å²) < 4.78 is 33.9. The van der Waals surface area contributed by atoms with E-state index >= 15 is 0 Å². The van der Waals surface area contributed by atoms with Crippen LogP contribution < -0.4 is 5.14 Å². The fraction of sp³-hybridized carbons (Fsp3) is 0.333. The molecule has 1 unspecified atom stereocenters. The second kappa shape index (κ2) is 3.69. The third kappa shape index (κ3) is 4.48. The third-order valence-electron chi connectivity index (χ3n) is 0.533. The Kier molecular flexibility index (Phi) is 3.54. The second-order valence-corrected chi connectivity index (χ2v) is 4.18. The van der Waals surface area contributed by atoms with Crippen molar-refractivity contribution >= 4 is 20.8 Å². The number of rotatable bonds is 3. The summed E-state index contributed by atoms with van der Waals surface area (Å²) in [6.45, 7) is 3.18. The van der Waals surface area contributed by atoms with Crippen molar-refractivity contribution in [3.63, 3.8) is 0 Å². The summed E-state index contributed by atoms with van der Waals surface area (Å²) in [5, 5.41) is 4.64. The first kappa shape index (κ1) is 9.60. The van der Waals surface area contributed by atoms with E-state index in [-0.39, 0.29) is 5.75 Å². The lowest BCUT2D eigenvalue weighted by atomic mass is 10.8. The Hall–Kier alpha value is -0.400. The Morgan fingerprint density at radius 1 is 1.70 bits per heavy atom. The van der Waals surface area contributed by atoms with E-state index in [1.54, 1.807) is 0 Å². The van der Waals surface area contributed by atoms with Gasteiger partial charge in [-0.15, -0.1) is 10.3 Å². The number of nitrogens with two attached hydrogens (primary N) is 1. The molecule has 1 atom stereocenters. The first-order chi connectivity index (χ1) is 4.48. The van der Waals surface area contributed by atoms with Crippen LogP contribution in [0.5, 0.6) is 0 Å². The molecule has 60 valence electrons. The van der Waals surface area contributed by atoms with Gasteiger partial charge >= 0.3 is 0 Å². The van der Waals surface area contributed by atoms with Crippen LogP contribution in [0.4, 0.5) is 0 Å². The van der Waals surface area contributed by atoms with Crippen LogP contribution in [0.1, 0.15) is 0 Å². The first-order valence-electron chi connectivity index (χ1n) is 2.26. The third-order valence-corrected chi connectivity index (χ3v) is 2.83. The number of hydrogen-bond acceptors (Lipinski definition) is 3. The van der Waals surface area contributed by atoms with Gasteiger partial charge in [0.15, 0.2) is 0 Å². The molecule has 0 aromatic heterocycles. The van der Waals surface area contributed by atoms with E-state index in [0.29, 0.717) is 0 Å². The molecule has 0 heterocycles. The molecule has 10 heavy (non-hydrogen) atoms. The predicted molar refractivity (Wildman–Crippen MR) is 40.1 cm³/mol. The van der Waals surface area contributed by atoms with E-state index in [0.717, 1.165) is 6.08 Å². The summed E-state index contributed by atoms with van der Waals surface area (Å²) in [7, 11) is -6.09. The highest BCUT2D eigenvalue weighted by Crippen LogP contribution is 1.90. The highest BCUT2D eigenvalue weighted by molar-refractivity contribution is 7.95. The lowest BCUT2D eigenvalue weighted by Gasteiger charge is -1.87. The van der Waals surface area contributed by atoms with Crippen LogP contribution in [0.25, 0.3) is 0 Å². The van der Waals surface area contributed by atoms with Gasteiger partial charge in [0.2, 0.25) is 0 Å². The van der Waals surface area contributed by atoms with Gasteiger partial charge < -0.3 is 0 Å². The van der Waals surface area contributed by atoms with Gasteiger partial charge in [0.05, 0.1) is 5.75 Å². The summed E-state index contributed by atoms with van der Waals surface area (Å²) in [5.74, 6) is -0.328. The van der Waals surface area contributed by atoms with Crippen molar-refractivity contribution in [1.29, 1.82) is 0 Å². The van der Waals surface area contributed by atoms with Gasteiger partial charge in [-0.05, 0) is 0 Å². The summed E-state index contributed by atoms with van der Waals surface area (Å²) in [5.41, 5.74) is 0. The quantitative estimate of drug-likeness (QED) is 0.437. The monoisotopic (exact) mass is 184 g/mol. The van der Waals surface area contributed by atoms with E-state index in [1.807, 2.05) is 0 Å². The van der Waals surface area contributed by atoms with E-state index in [4.69, 9.17) is 0 Å². The van der Waals surface area contributed by atoms with E-state index in [2.05, 4.69) is 15.5 Å². The first-order valence-corrected chi connectivity index (χ1v) is 5.15. The molecule has 0 rings (SSSR count). The molecule has 0 spiro atoms. The molecule has 7 heteroatoms. The Morgan fingerprint density at radius 2 is 2.20 bits per heavy atom. The number of hydrogen-bond donors (Lipinski definition) is 2. The number of sulfonamides is 1. The fourth-order valence-corrected chi connectivity index (χ4v) is 1.85. The SMILES string of the molecule is C=CCS(=O)(=O)/N=[SH](/N)=O. The van der Waals surface area contributed by atoms with Crippen LogP contribution in [-0.2, 0) is 20.8 Å². The van der Waals surface area contributed by atoms with Crippen LogP contribution in [0.3, 0.4) is 0 Å². The standard InChI is InChI=1S/C3H8N2O3S2/c1-2-3-10(7,8)5-9(4)6/h2,9H,1,3H2,(H2,4,5,6). The summed E-state index contributed by atoms with van der Waals surface area (Å²) in [4.78, 5) is 0. The van der Waals surface area contributed by atoms with Gasteiger partial charge in [0, 0.05) is 0 Å². The molecule has 0 aromatic carbocycles. The molecule has 2 N–H and O–H groups in total. The normalized spacial score (nSPS) is 14.9. The Bertz CT molecular complexity index is 285. The molecule has 0 saturated heterocycles. The molecule has 0 saturated carbocycles. The smallest absolute Gasteiger partial charge is 0.247 e. The topological polar surface area (TPSA) is 89.6 Å². The summed E-state index contributed by atoms with van der Waals surface area (Å²) in [6, 6.07) is 0. The average molecular weight is 184 g/mol. The molecule has 0 radical (unpaired) electrons. The molecule has 5 nitrogen and oxygen atoms in total. The molecular formula is C3H8N2O3S2. The van der Waals surface area contributed by atoms with E-state index in [9.17, 15) is 12.6 Å². The van der Waals surface area contributed by atoms with Gasteiger partial charge in [-0.25, -0.2) is 17.8 Å². The van der Waals surface area contributed by atoms with Crippen molar-refractivity contribution in [3.05, 3.63) is 12.7 Å². The minimum Gasteiger partial charge on any atom is -0.247 e. The molecule has 0 bridgehead atoms. The van der Waals surface area contributed by atoms with Crippen LogP contribution in [0.2, 0.25) is 0 Å². The number of thiol groups is 1. The Morgan fingerprint density at radius 3 is 2.50 bits per heavy atom. The van der Waals surface area contributed by atoms with Crippen LogP contribution in [0.15, 0.2) is 16.4 Å². The van der Waals surface area contributed by atoms with Gasteiger partial charge in [-0.1, -0.05) is 6.08 Å². The van der Waals surface area contributed by atoms with Crippen LogP contribution in [0, 0.1) is 0 Å². The lowest BCUT2D eigenvalue weighted by Crippen LogP contribution is -2.02. The predicted octanol–water partition coefficient (Wildman–Crippen LogP) is -0.960. The van der Waals surface area contributed by atoms with Crippen LogP contribution in [-0.4, -0.2) is 18.4 Å². The molecule has 0 aromatic rings. The van der Waals surface area contributed by atoms with Gasteiger partial charge in [-0.3, -0.25) is 0 Å². The highest BCUT2D eigenvalue weighted by atomic mass is 32.3. The molecule has 0 aliphatic rings. The van der Waals surface area contributed by atoms with Crippen molar-refractivity contribution in [2.45, 2.75) is 0 Å². The minimum atomic E-state index is -3.63. The average Bonchev–Trinajstić information content (AvgIpc) is 1.59. The second-order valence-electron chi connectivity index (χ2n) is 1.42. The van der Waals surface area contributed by atoms with Crippen molar-refractivity contribution in [2.75, 3.05) is 5.75 Å². The fourth-order valence-electron chi connectivity index (χ4n) is 0.305. The lowest BCUT2D eigenvalue weighted by molar-refractivity contribution is 0.601. The maximum atomic E-state index is 10.5. The molecular weight excluding hydrogens is 176 g/mol. The summed E-state index contributed by atoms with van der Waals surface area (Å²) >= 11 is 0. The maximum Gasteiger partial charge on any atom is 0.265 e. The Labute approximate surface area is 61.3 Å². The van der Waals surface area contributed by atoms with E-state index < -0.39 is 20.8 Å². The van der Waals surface area contributed by atoms with Gasteiger partial charge in [0.25, 0.3) is 10.0 Å². The molecule has 0 amide bonds. The zero-order chi connectivity index (χ0) is 8.20. The van der Waals surface area contributed by atoms with Crippen molar-refractivity contribution in [3.8, 4) is 0 Å². The van der Waals surface area contributed by atoms with Crippen molar-refractivity contribution in [2.24, 2.45) is 8.91 Å². The minimum absolute atomic E-state index is 0.328. The van der Waals surface area contributed by atoms with Gasteiger partial charge in [-0.2, -0.15) is 0 Å². The van der Waals surface area contributed by atoms with Crippen molar-refractivity contribution < 1.29 is 12.6 Å². The Balaban J connectivity index is 4.61. The van der Waals surface area contributed by atoms with Gasteiger partial charge in [0.1, 0.15) is 10.8 Å². The van der Waals surface area contributed by atoms with Crippen molar-refractivity contribution in [1.82, 2.24) is 0 Å². The highest BCUT2D eigenvalue weighted by Gasteiger charge is 2.02. The molecule has 0 aliphatic heterocycles. The largest absolute Gasteiger partial charge is 0.265 e. The zero-order valence-corrected chi connectivity index (χ0v) is 6.81.